The Morgan fingerprint density at radius 1 is 1.56 bits per heavy atom. The first-order valence-electron chi connectivity index (χ1n) is 4.86. The van der Waals surface area contributed by atoms with Gasteiger partial charge in [-0.3, -0.25) is 0 Å². The van der Waals surface area contributed by atoms with Crippen LogP contribution in [-0.2, 0) is 6.54 Å². The highest BCUT2D eigenvalue weighted by Gasteiger charge is 2.14. The van der Waals surface area contributed by atoms with E-state index in [1.165, 1.54) is 5.56 Å². The first-order valence-corrected chi connectivity index (χ1v) is 6.24. The number of hydrogen-bond donors (Lipinski definition) is 0. The van der Waals surface area contributed by atoms with Gasteiger partial charge in [-0.1, -0.05) is 5.10 Å². The Kier molecular flexibility index (Phi) is 3.46. The summed E-state index contributed by atoms with van der Waals surface area (Å²) in [5.41, 5.74) is 1.23. The van der Waals surface area contributed by atoms with Gasteiger partial charge in [0.25, 0.3) is 0 Å². The van der Waals surface area contributed by atoms with Crippen LogP contribution >= 0.6 is 22.9 Å². The molecule has 1 unspecified atom stereocenters. The second-order valence-electron chi connectivity index (χ2n) is 3.53. The van der Waals surface area contributed by atoms with Crippen molar-refractivity contribution < 1.29 is 4.42 Å². The monoisotopic (exact) mass is 257 g/mol. The van der Waals surface area contributed by atoms with Crippen molar-refractivity contribution in [3.63, 3.8) is 0 Å². The third kappa shape index (κ3) is 2.54. The number of alkyl halides is 1. The molecule has 0 aromatic carbocycles. The van der Waals surface area contributed by atoms with Gasteiger partial charge in [-0.2, -0.15) is 11.3 Å². The molecule has 0 fully saturated rings. The zero-order chi connectivity index (χ0) is 11.5. The van der Waals surface area contributed by atoms with Crippen LogP contribution in [0.4, 0.5) is 6.01 Å². The SMILES string of the molecule is CC(Cl)c1nnc(N(C)Cc2ccsc2)o1. The molecule has 86 valence electrons. The Balaban J connectivity index is 2.06. The maximum Gasteiger partial charge on any atom is 0.318 e. The molecule has 6 heteroatoms. The second kappa shape index (κ2) is 4.84. The lowest BCUT2D eigenvalue weighted by Crippen LogP contribution is -2.16. The number of rotatable bonds is 4. The molecule has 0 radical (unpaired) electrons. The third-order valence-corrected chi connectivity index (χ3v) is 3.02. The fourth-order valence-electron chi connectivity index (χ4n) is 1.27. The number of nitrogens with zero attached hydrogens (tertiary/aromatic N) is 3. The molecule has 16 heavy (non-hydrogen) atoms. The van der Waals surface area contributed by atoms with E-state index in [0.717, 1.165) is 6.54 Å². The average molecular weight is 258 g/mol. The Labute approximate surface area is 103 Å². The molecule has 0 saturated carbocycles. The van der Waals surface area contributed by atoms with Gasteiger partial charge in [0.15, 0.2) is 0 Å². The van der Waals surface area contributed by atoms with Crippen molar-refractivity contribution in [2.75, 3.05) is 11.9 Å². The van der Waals surface area contributed by atoms with Gasteiger partial charge in [0.1, 0.15) is 5.38 Å². The topological polar surface area (TPSA) is 42.2 Å². The Hall–Kier alpha value is -1.07. The molecule has 0 aliphatic heterocycles. The summed E-state index contributed by atoms with van der Waals surface area (Å²) in [6.45, 7) is 2.56. The van der Waals surface area contributed by atoms with Crippen molar-refractivity contribution in [1.29, 1.82) is 0 Å². The van der Waals surface area contributed by atoms with Crippen LogP contribution in [0.3, 0.4) is 0 Å². The molecule has 0 saturated heterocycles. The first-order chi connectivity index (χ1) is 7.66. The van der Waals surface area contributed by atoms with Crippen molar-refractivity contribution in [1.82, 2.24) is 10.2 Å². The van der Waals surface area contributed by atoms with Crippen LogP contribution in [0.5, 0.6) is 0 Å². The highest BCUT2D eigenvalue weighted by molar-refractivity contribution is 7.07. The van der Waals surface area contributed by atoms with Crippen molar-refractivity contribution in [2.45, 2.75) is 18.8 Å². The van der Waals surface area contributed by atoms with E-state index in [1.807, 2.05) is 17.3 Å². The van der Waals surface area contributed by atoms with Gasteiger partial charge in [-0.15, -0.1) is 16.7 Å². The summed E-state index contributed by atoms with van der Waals surface area (Å²) in [4.78, 5) is 1.90. The van der Waals surface area contributed by atoms with Crippen LogP contribution in [0, 0.1) is 0 Å². The number of thiophene rings is 1. The molecular formula is C10H12ClN3OS. The second-order valence-corrected chi connectivity index (χ2v) is 4.96. The van der Waals surface area contributed by atoms with Gasteiger partial charge >= 0.3 is 6.01 Å². The van der Waals surface area contributed by atoms with Crippen molar-refractivity contribution >= 4 is 29.0 Å². The fourth-order valence-corrected chi connectivity index (χ4v) is 2.01. The minimum absolute atomic E-state index is 0.254. The van der Waals surface area contributed by atoms with E-state index in [9.17, 15) is 0 Å². The Bertz CT molecular complexity index is 441. The van der Waals surface area contributed by atoms with Crippen molar-refractivity contribution in [3.8, 4) is 0 Å². The normalized spacial score (nSPS) is 12.7. The highest BCUT2D eigenvalue weighted by Crippen LogP contribution is 2.22. The minimum Gasteiger partial charge on any atom is -0.406 e. The summed E-state index contributed by atoms with van der Waals surface area (Å²) >= 11 is 7.52. The van der Waals surface area contributed by atoms with Crippen LogP contribution in [0.15, 0.2) is 21.2 Å². The van der Waals surface area contributed by atoms with Gasteiger partial charge in [-0.25, -0.2) is 0 Å². The van der Waals surface area contributed by atoms with Crippen LogP contribution in [0.25, 0.3) is 0 Å². The molecule has 4 nitrogen and oxygen atoms in total. The van der Waals surface area contributed by atoms with Gasteiger partial charge < -0.3 is 9.32 Å². The van der Waals surface area contributed by atoms with Gasteiger partial charge in [0, 0.05) is 13.6 Å². The van der Waals surface area contributed by atoms with Gasteiger partial charge in [0.2, 0.25) is 5.89 Å². The lowest BCUT2D eigenvalue weighted by molar-refractivity contribution is 0.489. The van der Waals surface area contributed by atoms with Crippen LogP contribution < -0.4 is 4.90 Å². The van der Waals surface area contributed by atoms with Crippen molar-refractivity contribution in [2.24, 2.45) is 0 Å². The van der Waals surface area contributed by atoms with Crippen molar-refractivity contribution in [3.05, 3.63) is 28.3 Å². The molecule has 1 atom stereocenters. The zero-order valence-electron chi connectivity index (χ0n) is 9.05. The molecule has 2 aromatic rings. The van der Waals surface area contributed by atoms with E-state index in [4.69, 9.17) is 16.0 Å². The van der Waals surface area contributed by atoms with Gasteiger partial charge in [0.05, 0.1) is 0 Å². The molecular weight excluding hydrogens is 246 g/mol. The molecule has 0 spiro atoms. The molecule has 2 aromatic heterocycles. The van der Waals surface area contributed by atoms with Crippen LogP contribution in [0.2, 0.25) is 0 Å². The number of halogens is 1. The number of hydrogen-bond acceptors (Lipinski definition) is 5. The highest BCUT2D eigenvalue weighted by atomic mass is 35.5. The maximum atomic E-state index is 5.85. The molecule has 2 rings (SSSR count). The lowest BCUT2D eigenvalue weighted by Gasteiger charge is -2.12. The number of anilines is 1. The molecule has 2 heterocycles. The van der Waals surface area contributed by atoms with E-state index in [-0.39, 0.29) is 5.38 Å². The summed E-state index contributed by atoms with van der Waals surface area (Å²) in [6, 6.07) is 2.57. The van der Waals surface area contributed by atoms with E-state index in [0.29, 0.717) is 11.9 Å². The molecule has 0 aliphatic rings. The quantitative estimate of drug-likeness (QED) is 0.790. The predicted molar refractivity (Wildman–Crippen MR) is 65.0 cm³/mol. The van der Waals surface area contributed by atoms with E-state index in [2.05, 4.69) is 21.6 Å². The van der Waals surface area contributed by atoms with Crippen LogP contribution in [-0.4, -0.2) is 17.2 Å². The van der Waals surface area contributed by atoms with Crippen LogP contribution in [0.1, 0.15) is 23.8 Å². The average Bonchev–Trinajstić information content (AvgIpc) is 2.86. The first kappa shape index (κ1) is 11.4. The molecule has 0 N–H and O–H groups in total. The lowest BCUT2D eigenvalue weighted by atomic mass is 10.3. The van der Waals surface area contributed by atoms with E-state index in [1.54, 1.807) is 18.3 Å². The molecule has 0 amide bonds. The summed E-state index contributed by atoms with van der Waals surface area (Å²) in [5.74, 6) is 0.453. The standard InChI is InChI=1S/C10H12ClN3OS/c1-7(11)9-12-13-10(15-9)14(2)5-8-3-4-16-6-8/h3-4,6-7H,5H2,1-2H3. The zero-order valence-corrected chi connectivity index (χ0v) is 10.6. The Morgan fingerprint density at radius 3 is 2.94 bits per heavy atom. The summed E-state index contributed by atoms with van der Waals surface area (Å²) in [6.07, 6.45) is 0. The number of aromatic nitrogens is 2. The molecule has 0 bridgehead atoms. The largest absolute Gasteiger partial charge is 0.406 e. The maximum absolute atomic E-state index is 5.85. The smallest absolute Gasteiger partial charge is 0.318 e. The summed E-state index contributed by atoms with van der Waals surface area (Å²) in [5, 5.41) is 11.7. The Morgan fingerprint density at radius 2 is 2.38 bits per heavy atom. The minimum atomic E-state index is -0.254. The summed E-state index contributed by atoms with van der Waals surface area (Å²) in [7, 11) is 1.91. The third-order valence-electron chi connectivity index (χ3n) is 2.10. The van der Waals surface area contributed by atoms with E-state index >= 15 is 0 Å². The molecule has 0 aliphatic carbocycles. The summed E-state index contributed by atoms with van der Waals surface area (Å²) < 4.78 is 5.43. The fraction of sp³-hybridized carbons (Fsp3) is 0.400. The van der Waals surface area contributed by atoms with E-state index < -0.39 is 0 Å². The predicted octanol–water partition coefficient (Wildman–Crippen LogP) is 3.07. The van der Waals surface area contributed by atoms with Gasteiger partial charge in [-0.05, 0) is 29.3 Å².